The number of benzene rings is 3. The number of nitrogens with one attached hydrogen (secondary N) is 1. The number of carbonyl (C=O) groups excluding carboxylic acids is 3. The fraction of sp³-hybridized carbons (Fsp3) is 0.115. The molecule has 0 radical (unpaired) electrons. The maximum Gasteiger partial charge on any atom is 0.293 e. The molecule has 11 heteroatoms. The molecule has 0 aliphatic carbocycles. The minimum atomic E-state index is -0.483. The third kappa shape index (κ3) is 6.62. The molecule has 1 heterocycles. The SMILES string of the molecule is COc1cc(/C=C2/SC(=O)N(Cc3ccc(Cl)cc3)C2=O)cc(Cl)c1OCC(=O)Nc1ccc(F)cc1. The summed E-state index contributed by atoms with van der Waals surface area (Å²) in [5.41, 5.74) is 1.68. The Morgan fingerprint density at radius 2 is 1.78 bits per heavy atom. The first-order valence-corrected chi connectivity index (χ1v) is 12.4. The van der Waals surface area contributed by atoms with Crippen LogP contribution in [0.1, 0.15) is 11.1 Å². The molecule has 0 unspecified atom stereocenters. The number of hydrogen-bond donors (Lipinski definition) is 1. The van der Waals surface area contributed by atoms with Gasteiger partial charge in [-0.05, 0) is 77.5 Å². The minimum absolute atomic E-state index is 0.121. The molecule has 0 spiro atoms. The molecule has 1 aliphatic rings. The third-order valence-electron chi connectivity index (χ3n) is 5.15. The molecule has 7 nitrogen and oxygen atoms in total. The van der Waals surface area contributed by atoms with Crippen LogP contribution in [0.4, 0.5) is 14.9 Å². The van der Waals surface area contributed by atoms with Gasteiger partial charge in [0.15, 0.2) is 18.1 Å². The number of halogens is 3. The molecular formula is C26H19Cl2FN2O5S. The molecule has 1 saturated heterocycles. The maximum absolute atomic E-state index is 13.0. The number of methoxy groups -OCH3 is 1. The van der Waals surface area contributed by atoms with E-state index in [0.29, 0.717) is 16.3 Å². The van der Waals surface area contributed by atoms with Crippen molar-refractivity contribution in [3.8, 4) is 11.5 Å². The lowest BCUT2D eigenvalue weighted by atomic mass is 10.1. The molecule has 0 aromatic heterocycles. The highest BCUT2D eigenvalue weighted by Gasteiger charge is 2.35. The van der Waals surface area contributed by atoms with Gasteiger partial charge in [0.1, 0.15) is 5.82 Å². The number of rotatable bonds is 8. The van der Waals surface area contributed by atoms with E-state index in [1.54, 1.807) is 30.3 Å². The Morgan fingerprint density at radius 1 is 1.08 bits per heavy atom. The summed E-state index contributed by atoms with van der Waals surface area (Å²) in [5.74, 6) is -0.974. The lowest BCUT2D eigenvalue weighted by Crippen LogP contribution is -2.27. The van der Waals surface area contributed by atoms with Crippen LogP contribution in [0.25, 0.3) is 6.08 Å². The van der Waals surface area contributed by atoms with Crippen molar-refractivity contribution in [2.24, 2.45) is 0 Å². The van der Waals surface area contributed by atoms with Crippen LogP contribution in [0, 0.1) is 5.82 Å². The van der Waals surface area contributed by atoms with E-state index in [1.165, 1.54) is 43.5 Å². The normalized spacial score (nSPS) is 14.3. The number of thioether (sulfide) groups is 1. The second-order valence-corrected chi connectivity index (χ2v) is 9.61. The summed E-state index contributed by atoms with van der Waals surface area (Å²) in [5, 5.41) is 2.89. The molecular weight excluding hydrogens is 542 g/mol. The van der Waals surface area contributed by atoms with Crippen LogP contribution in [0.3, 0.4) is 0 Å². The summed E-state index contributed by atoms with van der Waals surface area (Å²) in [4.78, 5) is 38.9. The smallest absolute Gasteiger partial charge is 0.293 e. The molecule has 190 valence electrons. The summed E-state index contributed by atoms with van der Waals surface area (Å²) >= 11 is 13.1. The molecule has 1 aliphatic heterocycles. The van der Waals surface area contributed by atoms with Crippen molar-refractivity contribution in [3.05, 3.63) is 92.6 Å². The summed E-state index contributed by atoms with van der Waals surface area (Å²) in [6.45, 7) is -0.258. The van der Waals surface area contributed by atoms with Crippen LogP contribution in [-0.2, 0) is 16.1 Å². The lowest BCUT2D eigenvalue weighted by Gasteiger charge is -2.14. The summed E-state index contributed by atoms with van der Waals surface area (Å²) in [6, 6.07) is 15.3. The fourth-order valence-corrected chi connectivity index (χ4v) is 4.63. The Labute approximate surface area is 226 Å². The van der Waals surface area contributed by atoms with E-state index in [9.17, 15) is 18.8 Å². The minimum Gasteiger partial charge on any atom is -0.493 e. The van der Waals surface area contributed by atoms with E-state index in [2.05, 4.69) is 5.32 Å². The molecule has 3 aromatic carbocycles. The lowest BCUT2D eigenvalue weighted by molar-refractivity contribution is -0.123. The zero-order chi connectivity index (χ0) is 26.5. The van der Waals surface area contributed by atoms with Crippen LogP contribution in [0.15, 0.2) is 65.6 Å². The number of anilines is 1. The number of carbonyl (C=O) groups is 3. The quantitative estimate of drug-likeness (QED) is 0.321. The first-order valence-electron chi connectivity index (χ1n) is 10.8. The van der Waals surface area contributed by atoms with E-state index in [-0.39, 0.29) is 34.6 Å². The summed E-state index contributed by atoms with van der Waals surface area (Å²) in [6.07, 6.45) is 1.53. The van der Waals surface area contributed by atoms with Gasteiger partial charge in [0.2, 0.25) is 0 Å². The van der Waals surface area contributed by atoms with Crippen molar-refractivity contribution in [2.45, 2.75) is 6.54 Å². The van der Waals surface area contributed by atoms with E-state index in [1.807, 2.05) is 0 Å². The number of imide groups is 1. The van der Waals surface area contributed by atoms with Gasteiger partial charge in [-0.1, -0.05) is 35.3 Å². The van der Waals surface area contributed by atoms with E-state index < -0.39 is 22.9 Å². The number of amides is 3. The molecule has 3 amide bonds. The Morgan fingerprint density at radius 3 is 2.46 bits per heavy atom. The first-order chi connectivity index (χ1) is 17.7. The van der Waals surface area contributed by atoms with Crippen molar-refractivity contribution in [1.82, 2.24) is 4.90 Å². The molecule has 0 bridgehead atoms. The maximum atomic E-state index is 13.0. The van der Waals surface area contributed by atoms with Gasteiger partial charge in [-0.2, -0.15) is 0 Å². The molecule has 1 fully saturated rings. The first kappa shape index (κ1) is 26.5. The number of nitrogens with zero attached hydrogens (tertiary/aromatic N) is 1. The van der Waals surface area contributed by atoms with E-state index in [4.69, 9.17) is 32.7 Å². The standard InChI is InChI=1S/C26H19Cl2FN2O5S/c1-35-21-11-16(10-20(28)24(21)36-14-23(32)30-19-8-6-18(29)7-9-19)12-22-25(33)31(26(34)37-22)13-15-2-4-17(27)5-3-15/h2-12H,13-14H2,1H3,(H,30,32)/b22-12+. The van der Waals surface area contributed by atoms with Gasteiger partial charge in [0.05, 0.1) is 23.6 Å². The molecule has 4 rings (SSSR count). The Hall–Kier alpha value is -3.53. The Balaban J connectivity index is 1.45. The number of ether oxygens (including phenoxy) is 2. The van der Waals surface area contributed by atoms with Crippen molar-refractivity contribution >= 4 is 63.8 Å². The topological polar surface area (TPSA) is 84.9 Å². The van der Waals surface area contributed by atoms with Gasteiger partial charge in [0.25, 0.3) is 17.1 Å². The van der Waals surface area contributed by atoms with Crippen LogP contribution in [0.5, 0.6) is 11.5 Å². The van der Waals surface area contributed by atoms with Gasteiger partial charge in [0, 0.05) is 10.7 Å². The van der Waals surface area contributed by atoms with Gasteiger partial charge in [-0.15, -0.1) is 0 Å². The monoisotopic (exact) mass is 560 g/mol. The van der Waals surface area contributed by atoms with E-state index >= 15 is 0 Å². The van der Waals surface area contributed by atoms with Crippen LogP contribution in [-0.4, -0.2) is 35.7 Å². The molecule has 37 heavy (non-hydrogen) atoms. The second kappa shape index (κ2) is 11.7. The zero-order valence-electron chi connectivity index (χ0n) is 19.3. The van der Waals surface area contributed by atoms with Crippen LogP contribution < -0.4 is 14.8 Å². The van der Waals surface area contributed by atoms with Crippen molar-refractivity contribution in [2.75, 3.05) is 19.0 Å². The highest BCUT2D eigenvalue weighted by atomic mass is 35.5. The zero-order valence-corrected chi connectivity index (χ0v) is 21.6. The molecule has 3 aromatic rings. The summed E-state index contributed by atoms with van der Waals surface area (Å²) in [7, 11) is 1.40. The molecule has 0 saturated carbocycles. The highest BCUT2D eigenvalue weighted by Crippen LogP contribution is 2.39. The molecule has 0 atom stereocenters. The highest BCUT2D eigenvalue weighted by molar-refractivity contribution is 8.18. The predicted octanol–water partition coefficient (Wildman–Crippen LogP) is 6.40. The second-order valence-electron chi connectivity index (χ2n) is 7.77. The van der Waals surface area contributed by atoms with Gasteiger partial charge in [-0.3, -0.25) is 19.3 Å². The van der Waals surface area contributed by atoms with Crippen LogP contribution in [0.2, 0.25) is 10.0 Å². The average molecular weight is 561 g/mol. The predicted molar refractivity (Wildman–Crippen MR) is 141 cm³/mol. The summed E-state index contributed by atoms with van der Waals surface area (Å²) < 4.78 is 24.0. The van der Waals surface area contributed by atoms with Gasteiger partial charge in [-0.25, -0.2) is 4.39 Å². The average Bonchev–Trinajstić information content (AvgIpc) is 3.13. The van der Waals surface area contributed by atoms with Gasteiger partial charge >= 0.3 is 0 Å². The third-order valence-corrected chi connectivity index (χ3v) is 6.59. The Bertz CT molecular complexity index is 1380. The van der Waals surface area contributed by atoms with Gasteiger partial charge < -0.3 is 14.8 Å². The largest absolute Gasteiger partial charge is 0.493 e. The van der Waals surface area contributed by atoms with Crippen molar-refractivity contribution in [1.29, 1.82) is 0 Å². The number of hydrogen-bond acceptors (Lipinski definition) is 6. The van der Waals surface area contributed by atoms with Crippen LogP contribution >= 0.6 is 35.0 Å². The van der Waals surface area contributed by atoms with Crippen molar-refractivity contribution in [3.63, 3.8) is 0 Å². The molecule has 1 N–H and O–H groups in total. The van der Waals surface area contributed by atoms with Crippen molar-refractivity contribution < 1.29 is 28.2 Å². The Kier molecular flexibility index (Phi) is 8.38. The van der Waals surface area contributed by atoms with E-state index in [0.717, 1.165) is 22.2 Å². The fourth-order valence-electron chi connectivity index (χ4n) is 3.39.